The van der Waals surface area contributed by atoms with Crippen LogP contribution in [0.4, 0.5) is 0 Å². The zero-order valence-electron chi connectivity index (χ0n) is 6.55. The van der Waals surface area contributed by atoms with Crippen LogP contribution in [0.25, 0.3) is 0 Å². The summed E-state index contributed by atoms with van der Waals surface area (Å²) in [6.07, 6.45) is 5.85. The highest BCUT2D eigenvalue weighted by molar-refractivity contribution is 9.10. The molecule has 0 amide bonds. The lowest BCUT2D eigenvalue weighted by molar-refractivity contribution is 0.284. The van der Waals surface area contributed by atoms with Crippen LogP contribution in [0, 0.1) is 6.92 Å². The molecule has 0 aliphatic heterocycles. The third-order valence-electron chi connectivity index (χ3n) is 2.41. The van der Waals surface area contributed by atoms with E-state index in [2.05, 4.69) is 32.6 Å². The van der Waals surface area contributed by atoms with Crippen molar-refractivity contribution in [3.63, 3.8) is 0 Å². The van der Waals surface area contributed by atoms with Crippen LogP contribution in [-0.4, -0.2) is 9.78 Å². The molecule has 1 fully saturated rings. The highest BCUT2D eigenvalue weighted by atomic mass is 79.9. The first-order valence-electron chi connectivity index (χ1n) is 3.98. The summed E-state index contributed by atoms with van der Waals surface area (Å²) in [5.74, 6) is 0. The predicted octanol–water partition coefficient (Wildman–Crippen LogP) is 2.68. The maximum absolute atomic E-state index is 4.31. The maximum atomic E-state index is 4.31. The molecular formula is C8H11BrN2. The second kappa shape index (κ2) is 2.63. The van der Waals surface area contributed by atoms with Crippen molar-refractivity contribution in [1.29, 1.82) is 0 Å². The molecule has 0 saturated heterocycles. The van der Waals surface area contributed by atoms with E-state index < -0.39 is 0 Å². The average Bonchev–Trinajstić information content (AvgIpc) is 2.15. The van der Waals surface area contributed by atoms with E-state index in [1.807, 2.05) is 6.20 Å². The molecule has 60 valence electrons. The van der Waals surface area contributed by atoms with Gasteiger partial charge in [-0.1, -0.05) is 0 Å². The van der Waals surface area contributed by atoms with E-state index in [0.717, 1.165) is 4.47 Å². The second-order valence-electron chi connectivity index (χ2n) is 3.11. The van der Waals surface area contributed by atoms with Crippen LogP contribution in [0.15, 0.2) is 10.7 Å². The minimum Gasteiger partial charge on any atom is -0.266 e. The third kappa shape index (κ3) is 1.11. The molecular weight excluding hydrogens is 204 g/mol. The van der Waals surface area contributed by atoms with E-state index in [0.29, 0.717) is 6.04 Å². The SMILES string of the molecule is Cc1c(Br)cnn1C1CCC1. The first-order chi connectivity index (χ1) is 5.29. The quantitative estimate of drug-likeness (QED) is 0.704. The molecule has 1 aromatic rings. The molecule has 1 aliphatic carbocycles. The lowest BCUT2D eigenvalue weighted by atomic mass is 9.93. The van der Waals surface area contributed by atoms with Gasteiger partial charge in [0.1, 0.15) is 0 Å². The summed E-state index contributed by atoms with van der Waals surface area (Å²) in [4.78, 5) is 0. The van der Waals surface area contributed by atoms with Gasteiger partial charge in [-0.05, 0) is 42.1 Å². The van der Waals surface area contributed by atoms with Gasteiger partial charge in [0.05, 0.1) is 16.7 Å². The second-order valence-corrected chi connectivity index (χ2v) is 3.96. The van der Waals surface area contributed by atoms with E-state index in [1.54, 1.807) is 0 Å². The monoisotopic (exact) mass is 214 g/mol. The molecule has 3 heteroatoms. The van der Waals surface area contributed by atoms with Crippen molar-refractivity contribution in [2.75, 3.05) is 0 Å². The summed E-state index contributed by atoms with van der Waals surface area (Å²) in [5, 5.41) is 4.31. The first-order valence-corrected chi connectivity index (χ1v) is 4.78. The Morgan fingerprint density at radius 1 is 1.64 bits per heavy atom. The molecule has 0 bridgehead atoms. The molecule has 1 aliphatic rings. The van der Waals surface area contributed by atoms with Gasteiger partial charge in [0.2, 0.25) is 0 Å². The van der Waals surface area contributed by atoms with Crippen LogP contribution in [0.3, 0.4) is 0 Å². The largest absolute Gasteiger partial charge is 0.266 e. The average molecular weight is 215 g/mol. The smallest absolute Gasteiger partial charge is 0.0635 e. The maximum Gasteiger partial charge on any atom is 0.0635 e. The van der Waals surface area contributed by atoms with E-state index in [-0.39, 0.29) is 0 Å². The molecule has 0 atom stereocenters. The summed E-state index contributed by atoms with van der Waals surface area (Å²) in [5.41, 5.74) is 1.26. The van der Waals surface area contributed by atoms with Crippen LogP contribution in [0.5, 0.6) is 0 Å². The van der Waals surface area contributed by atoms with Crippen molar-refractivity contribution in [3.8, 4) is 0 Å². The Labute approximate surface area is 74.7 Å². The molecule has 0 spiro atoms. The first kappa shape index (κ1) is 7.35. The van der Waals surface area contributed by atoms with E-state index in [9.17, 15) is 0 Å². The molecule has 1 saturated carbocycles. The predicted molar refractivity (Wildman–Crippen MR) is 47.6 cm³/mol. The minimum absolute atomic E-state index is 0.682. The molecule has 11 heavy (non-hydrogen) atoms. The van der Waals surface area contributed by atoms with Crippen LogP contribution < -0.4 is 0 Å². The number of hydrogen-bond donors (Lipinski definition) is 0. The van der Waals surface area contributed by atoms with Gasteiger partial charge in [-0.2, -0.15) is 5.10 Å². The molecule has 1 heterocycles. The fraction of sp³-hybridized carbons (Fsp3) is 0.625. The van der Waals surface area contributed by atoms with Crippen molar-refractivity contribution in [1.82, 2.24) is 9.78 Å². The van der Waals surface area contributed by atoms with Crippen LogP contribution in [0.2, 0.25) is 0 Å². The van der Waals surface area contributed by atoms with E-state index in [4.69, 9.17) is 0 Å². The van der Waals surface area contributed by atoms with Crippen molar-refractivity contribution < 1.29 is 0 Å². The van der Waals surface area contributed by atoms with Crippen LogP contribution in [-0.2, 0) is 0 Å². The zero-order chi connectivity index (χ0) is 7.84. The summed E-state index contributed by atoms with van der Waals surface area (Å²) in [7, 11) is 0. The molecule has 0 radical (unpaired) electrons. The van der Waals surface area contributed by atoms with Gasteiger partial charge < -0.3 is 0 Å². The van der Waals surface area contributed by atoms with Crippen LogP contribution >= 0.6 is 15.9 Å². The normalized spacial score (nSPS) is 18.4. The molecule has 0 aromatic carbocycles. The van der Waals surface area contributed by atoms with E-state index >= 15 is 0 Å². The van der Waals surface area contributed by atoms with Gasteiger partial charge in [-0.15, -0.1) is 0 Å². The topological polar surface area (TPSA) is 17.8 Å². The highest BCUT2D eigenvalue weighted by Gasteiger charge is 2.21. The number of aromatic nitrogens is 2. The Balaban J connectivity index is 2.29. The summed E-state index contributed by atoms with van der Waals surface area (Å²) in [6.45, 7) is 2.11. The number of hydrogen-bond acceptors (Lipinski definition) is 1. The van der Waals surface area contributed by atoms with Crippen LogP contribution in [0.1, 0.15) is 31.0 Å². The number of nitrogens with zero attached hydrogens (tertiary/aromatic N) is 2. The summed E-state index contributed by atoms with van der Waals surface area (Å²) < 4.78 is 3.26. The fourth-order valence-electron chi connectivity index (χ4n) is 1.40. The zero-order valence-corrected chi connectivity index (χ0v) is 8.13. The van der Waals surface area contributed by atoms with Crippen molar-refractivity contribution in [2.45, 2.75) is 32.2 Å². The van der Waals surface area contributed by atoms with E-state index in [1.165, 1.54) is 25.0 Å². The highest BCUT2D eigenvalue weighted by Crippen LogP contribution is 2.33. The van der Waals surface area contributed by atoms with Gasteiger partial charge in [-0.25, -0.2) is 0 Å². The Hall–Kier alpha value is -0.310. The van der Waals surface area contributed by atoms with Gasteiger partial charge >= 0.3 is 0 Å². The van der Waals surface area contributed by atoms with Crippen molar-refractivity contribution in [2.24, 2.45) is 0 Å². The van der Waals surface area contributed by atoms with Gasteiger partial charge in [0, 0.05) is 5.69 Å². The molecule has 1 aromatic heterocycles. The standard InChI is InChI=1S/C8H11BrN2/c1-6-8(9)5-10-11(6)7-3-2-4-7/h5,7H,2-4H2,1H3. The molecule has 0 N–H and O–H groups in total. The van der Waals surface area contributed by atoms with Gasteiger partial charge in [0.15, 0.2) is 0 Å². The lowest BCUT2D eigenvalue weighted by Gasteiger charge is -2.26. The lowest BCUT2D eigenvalue weighted by Crippen LogP contribution is -2.19. The van der Waals surface area contributed by atoms with Crippen molar-refractivity contribution in [3.05, 3.63) is 16.4 Å². The Morgan fingerprint density at radius 3 is 2.73 bits per heavy atom. The van der Waals surface area contributed by atoms with Crippen molar-refractivity contribution >= 4 is 15.9 Å². The Kier molecular flexibility index (Phi) is 1.75. The fourth-order valence-corrected chi connectivity index (χ4v) is 1.67. The summed E-state index contributed by atoms with van der Waals surface area (Å²) in [6, 6.07) is 0.682. The minimum atomic E-state index is 0.682. The molecule has 2 nitrogen and oxygen atoms in total. The number of halogens is 1. The molecule has 0 unspecified atom stereocenters. The van der Waals surface area contributed by atoms with Gasteiger partial charge in [-0.3, -0.25) is 4.68 Å². The van der Waals surface area contributed by atoms with Gasteiger partial charge in [0.25, 0.3) is 0 Å². The Bertz CT molecular complexity index is 263. The Morgan fingerprint density at radius 2 is 2.36 bits per heavy atom. The molecule has 2 rings (SSSR count). The summed E-state index contributed by atoms with van der Waals surface area (Å²) >= 11 is 3.45. The number of rotatable bonds is 1. The third-order valence-corrected chi connectivity index (χ3v) is 3.18.